The Bertz CT molecular complexity index is 489. The van der Waals surface area contributed by atoms with E-state index in [-0.39, 0.29) is 18.0 Å². The van der Waals surface area contributed by atoms with E-state index >= 15 is 0 Å². The lowest BCUT2D eigenvalue weighted by atomic mass is 10.2. The quantitative estimate of drug-likeness (QED) is 0.674. The van der Waals surface area contributed by atoms with E-state index in [1.165, 1.54) is 14.2 Å². The Morgan fingerprint density at radius 3 is 2.57 bits per heavy atom. The van der Waals surface area contributed by atoms with Gasteiger partial charge in [-0.1, -0.05) is 0 Å². The van der Waals surface area contributed by atoms with Gasteiger partial charge in [-0.15, -0.1) is 11.3 Å². The van der Waals surface area contributed by atoms with Crippen molar-refractivity contribution in [2.24, 2.45) is 0 Å². The van der Waals surface area contributed by atoms with Gasteiger partial charge in [0.25, 0.3) is 5.91 Å². The fourth-order valence-corrected chi connectivity index (χ4v) is 2.74. The van der Waals surface area contributed by atoms with Gasteiger partial charge in [0, 0.05) is 20.0 Å². The van der Waals surface area contributed by atoms with Gasteiger partial charge >= 0.3 is 6.18 Å². The maximum Gasteiger partial charge on any atom is 0.389 e. The third kappa shape index (κ3) is 5.00. The molecule has 0 atom stereocenters. The van der Waals surface area contributed by atoms with E-state index in [4.69, 9.17) is 10.5 Å². The first kappa shape index (κ1) is 17.4. The molecule has 1 aromatic rings. The van der Waals surface area contributed by atoms with Crippen LogP contribution in [-0.4, -0.2) is 32.8 Å². The van der Waals surface area contributed by atoms with Crippen molar-refractivity contribution in [3.63, 3.8) is 0 Å². The van der Waals surface area contributed by atoms with Crippen molar-refractivity contribution in [2.45, 2.75) is 25.4 Å². The van der Waals surface area contributed by atoms with Crippen molar-refractivity contribution < 1.29 is 22.7 Å². The van der Waals surface area contributed by atoms with Gasteiger partial charge in [0.1, 0.15) is 15.6 Å². The molecule has 0 radical (unpaired) electrons. The molecular weight excluding hydrogens is 307 g/mol. The second-order valence-corrected chi connectivity index (χ2v) is 5.31. The first-order valence-electron chi connectivity index (χ1n) is 6.29. The van der Waals surface area contributed by atoms with Gasteiger partial charge in [-0.3, -0.25) is 4.79 Å². The molecule has 0 spiro atoms. The van der Waals surface area contributed by atoms with Crippen LogP contribution in [0, 0.1) is 0 Å². The molecule has 21 heavy (non-hydrogen) atoms. The average molecular weight is 325 g/mol. The number of thiophene rings is 1. The van der Waals surface area contributed by atoms with Crippen LogP contribution in [0.5, 0.6) is 5.75 Å². The van der Waals surface area contributed by atoms with Gasteiger partial charge in [-0.2, -0.15) is 13.2 Å². The van der Waals surface area contributed by atoms with Crippen LogP contribution in [-0.2, 0) is 0 Å². The molecule has 0 bridgehead atoms. The van der Waals surface area contributed by atoms with Gasteiger partial charge < -0.3 is 21.1 Å². The minimum Gasteiger partial charge on any atom is -0.492 e. The SMILES string of the molecule is CNC(=O)c1sc(NCCCCC(F)(F)F)c(OC)c1N. The minimum absolute atomic E-state index is 0.0436. The molecule has 1 rings (SSSR count). The molecule has 4 N–H and O–H groups in total. The Hall–Kier alpha value is -1.64. The van der Waals surface area contributed by atoms with Crippen LogP contribution in [0.1, 0.15) is 28.9 Å². The van der Waals surface area contributed by atoms with Crippen LogP contribution in [0.4, 0.5) is 23.9 Å². The number of carbonyl (C=O) groups excluding carboxylic acids is 1. The molecule has 0 fully saturated rings. The molecule has 1 amide bonds. The summed E-state index contributed by atoms with van der Waals surface area (Å²) in [4.78, 5) is 11.9. The maximum atomic E-state index is 12.0. The number of carbonyl (C=O) groups is 1. The van der Waals surface area contributed by atoms with Crippen molar-refractivity contribution in [1.82, 2.24) is 5.32 Å². The third-order valence-electron chi connectivity index (χ3n) is 2.71. The van der Waals surface area contributed by atoms with Crippen LogP contribution in [0.15, 0.2) is 0 Å². The molecule has 0 saturated heterocycles. The zero-order chi connectivity index (χ0) is 16.0. The number of hydrogen-bond donors (Lipinski definition) is 3. The number of ether oxygens (including phenoxy) is 1. The topological polar surface area (TPSA) is 76.4 Å². The van der Waals surface area contributed by atoms with Crippen LogP contribution in [0.25, 0.3) is 0 Å². The standard InChI is InChI=1S/C12H18F3N3O2S/c1-17-10(19)9-7(16)8(20-2)11(21-9)18-6-4-3-5-12(13,14)15/h18H,3-6,16H2,1-2H3,(H,17,19). The van der Waals surface area contributed by atoms with E-state index in [0.29, 0.717) is 28.6 Å². The number of alkyl halides is 3. The van der Waals surface area contributed by atoms with E-state index in [9.17, 15) is 18.0 Å². The van der Waals surface area contributed by atoms with Crippen molar-refractivity contribution in [2.75, 3.05) is 31.8 Å². The average Bonchev–Trinajstić information content (AvgIpc) is 2.72. The number of rotatable bonds is 7. The molecule has 1 aromatic heterocycles. The summed E-state index contributed by atoms with van der Waals surface area (Å²) in [5, 5.41) is 5.96. The first-order chi connectivity index (χ1) is 9.80. The molecule has 0 unspecified atom stereocenters. The largest absolute Gasteiger partial charge is 0.492 e. The number of nitrogen functional groups attached to an aromatic ring is 1. The Labute approximate surface area is 124 Å². The van der Waals surface area contributed by atoms with Crippen molar-refractivity contribution in [3.8, 4) is 5.75 Å². The first-order valence-corrected chi connectivity index (χ1v) is 7.10. The van der Waals surface area contributed by atoms with E-state index in [2.05, 4.69) is 10.6 Å². The second-order valence-electron chi connectivity index (χ2n) is 4.29. The molecule has 5 nitrogen and oxygen atoms in total. The molecule has 0 aliphatic carbocycles. The number of methoxy groups -OCH3 is 1. The summed E-state index contributed by atoms with van der Waals surface area (Å²) in [6.45, 7) is 0.347. The summed E-state index contributed by atoms with van der Waals surface area (Å²) in [7, 11) is 2.90. The smallest absolute Gasteiger partial charge is 0.389 e. The third-order valence-corrected chi connectivity index (χ3v) is 3.85. The highest BCUT2D eigenvalue weighted by atomic mass is 32.1. The number of amides is 1. The van der Waals surface area contributed by atoms with Gasteiger partial charge in [0.15, 0.2) is 5.75 Å². The number of anilines is 2. The Morgan fingerprint density at radius 2 is 2.05 bits per heavy atom. The summed E-state index contributed by atoms with van der Waals surface area (Å²) in [6.07, 6.45) is -4.53. The Kier molecular flexibility index (Phi) is 6.13. The highest BCUT2D eigenvalue weighted by molar-refractivity contribution is 7.19. The summed E-state index contributed by atoms with van der Waals surface area (Å²) in [5.41, 5.74) is 6.04. The summed E-state index contributed by atoms with van der Waals surface area (Å²) in [5.74, 6) is 0.00958. The molecule has 0 aromatic carbocycles. The maximum absolute atomic E-state index is 12.0. The normalized spacial score (nSPS) is 11.3. The predicted octanol–water partition coefficient (Wildman–Crippen LogP) is 2.84. The van der Waals surface area contributed by atoms with Crippen LogP contribution < -0.4 is 21.1 Å². The fourth-order valence-electron chi connectivity index (χ4n) is 1.68. The van der Waals surface area contributed by atoms with Crippen molar-refractivity contribution in [3.05, 3.63) is 4.88 Å². The molecule has 0 aliphatic rings. The number of nitrogens with two attached hydrogens (primary N) is 1. The number of nitrogens with one attached hydrogen (secondary N) is 2. The lowest BCUT2D eigenvalue weighted by Gasteiger charge is -2.08. The lowest BCUT2D eigenvalue weighted by Crippen LogP contribution is -2.17. The fraction of sp³-hybridized carbons (Fsp3) is 0.583. The van der Waals surface area contributed by atoms with Crippen LogP contribution >= 0.6 is 11.3 Å². The van der Waals surface area contributed by atoms with E-state index < -0.39 is 12.6 Å². The van der Waals surface area contributed by atoms with E-state index in [1.54, 1.807) is 0 Å². The zero-order valence-electron chi connectivity index (χ0n) is 11.8. The number of unbranched alkanes of at least 4 members (excludes halogenated alkanes) is 1. The van der Waals surface area contributed by atoms with Gasteiger partial charge in [-0.05, 0) is 12.8 Å². The molecule has 9 heteroatoms. The van der Waals surface area contributed by atoms with Crippen LogP contribution in [0.3, 0.4) is 0 Å². The summed E-state index contributed by atoms with van der Waals surface area (Å²) >= 11 is 1.11. The van der Waals surface area contributed by atoms with Gasteiger partial charge in [0.2, 0.25) is 0 Å². The molecule has 120 valence electrons. The highest BCUT2D eigenvalue weighted by Crippen LogP contribution is 2.42. The van der Waals surface area contributed by atoms with Crippen molar-refractivity contribution >= 4 is 27.9 Å². The molecular formula is C12H18F3N3O2S. The van der Waals surface area contributed by atoms with Crippen molar-refractivity contribution in [1.29, 1.82) is 0 Å². The zero-order valence-corrected chi connectivity index (χ0v) is 12.6. The second kappa shape index (κ2) is 7.39. The van der Waals surface area contributed by atoms with Crippen LogP contribution in [0.2, 0.25) is 0 Å². The summed E-state index contributed by atoms with van der Waals surface area (Å²) in [6, 6.07) is 0. The number of hydrogen-bond acceptors (Lipinski definition) is 5. The molecule has 0 aliphatic heterocycles. The van der Waals surface area contributed by atoms with E-state index in [1.807, 2.05) is 0 Å². The minimum atomic E-state index is -4.13. The van der Waals surface area contributed by atoms with Gasteiger partial charge in [0.05, 0.1) is 7.11 Å². The Balaban J connectivity index is 2.61. The lowest BCUT2D eigenvalue weighted by molar-refractivity contribution is -0.135. The van der Waals surface area contributed by atoms with E-state index in [0.717, 1.165) is 11.3 Å². The highest BCUT2D eigenvalue weighted by Gasteiger charge is 2.26. The molecule has 1 heterocycles. The Morgan fingerprint density at radius 1 is 1.38 bits per heavy atom. The monoisotopic (exact) mass is 325 g/mol. The summed E-state index contributed by atoms with van der Waals surface area (Å²) < 4.78 is 41.2. The number of halogens is 3. The predicted molar refractivity (Wildman–Crippen MR) is 77.1 cm³/mol. The van der Waals surface area contributed by atoms with Gasteiger partial charge in [-0.25, -0.2) is 0 Å². The molecule has 0 saturated carbocycles.